The summed E-state index contributed by atoms with van der Waals surface area (Å²) in [6, 6.07) is 5.58. The highest BCUT2D eigenvalue weighted by molar-refractivity contribution is 6.04. The van der Waals surface area contributed by atoms with E-state index in [1.165, 1.54) is 12.1 Å². The molecule has 5 rings (SSSR count). The van der Waals surface area contributed by atoms with Crippen LogP contribution in [0, 0.1) is 0 Å². The van der Waals surface area contributed by atoms with Crippen LogP contribution in [0.2, 0.25) is 0 Å². The van der Waals surface area contributed by atoms with Gasteiger partial charge in [0.1, 0.15) is 5.69 Å². The Morgan fingerprint density at radius 3 is 2.42 bits per heavy atom. The normalized spacial score (nSPS) is 21.7. The van der Waals surface area contributed by atoms with Crippen molar-refractivity contribution in [3.63, 3.8) is 0 Å². The number of imide groups is 1. The van der Waals surface area contributed by atoms with Crippen molar-refractivity contribution >= 4 is 17.7 Å². The molecule has 1 aromatic carbocycles. The van der Waals surface area contributed by atoms with Crippen molar-refractivity contribution in [2.24, 2.45) is 0 Å². The van der Waals surface area contributed by atoms with Gasteiger partial charge in [-0.1, -0.05) is 6.07 Å². The largest absolute Gasteiger partial charge is 0.433 e. The first kappa shape index (κ1) is 21.6. The molecule has 1 aromatic heterocycles. The third kappa shape index (κ3) is 3.79. The van der Waals surface area contributed by atoms with Crippen LogP contribution in [0.5, 0.6) is 0 Å². The van der Waals surface area contributed by atoms with E-state index in [0.29, 0.717) is 36.1 Å². The Labute approximate surface area is 186 Å². The molecule has 0 spiro atoms. The second kappa shape index (κ2) is 7.98. The number of halogens is 3. The van der Waals surface area contributed by atoms with Gasteiger partial charge in [-0.05, 0) is 49.4 Å². The Morgan fingerprint density at radius 1 is 1.00 bits per heavy atom. The highest BCUT2D eigenvalue weighted by Gasteiger charge is 2.40. The van der Waals surface area contributed by atoms with Gasteiger partial charge in [-0.25, -0.2) is 9.69 Å². The SMILES string of the molecule is O=C1c2ccc(-c3cc(C(F)(F)F)n(C4CCCCO4)n3)cc2CN1N1C(=O)CCCC1=O. The van der Waals surface area contributed by atoms with Gasteiger partial charge in [-0.15, -0.1) is 0 Å². The summed E-state index contributed by atoms with van der Waals surface area (Å²) in [5.41, 5.74) is 0.430. The number of carbonyl (C=O) groups excluding carboxylic acids is 3. The molecule has 0 radical (unpaired) electrons. The molecule has 11 heteroatoms. The Balaban J connectivity index is 1.47. The zero-order chi connectivity index (χ0) is 23.3. The van der Waals surface area contributed by atoms with E-state index in [1.54, 1.807) is 6.07 Å². The molecule has 2 aromatic rings. The summed E-state index contributed by atoms with van der Waals surface area (Å²) in [5.74, 6) is -1.36. The Morgan fingerprint density at radius 2 is 1.76 bits per heavy atom. The maximum Gasteiger partial charge on any atom is 0.433 e. The molecular weight excluding hydrogens is 441 g/mol. The molecule has 1 unspecified atom stereocenters. The number of benzene rings is 1. The highest BCUT2D eigenvalue weighted by Crippen LogP contribution is 2.37. The minimum atomic E-state index is -4.61. The van der Waals surface area contributed by atoms with Crippen molar-refractivity contribution in [1.82, 2.24) is 19.8 Å². The van der Waals surface area contributed by atoms with Gasteiger partial charge < -0.3 is 4.74 Å². The number of nitrogens with zero attached hydrogens (tertiary/aromatic N) is 4. The Kier molecular flexibility index (Phi) is 5.23. The molecule has 33 heavy (non-hydrogen) atoms. The molecular formula is C22H21F3N4O4. The first-order valence-electron chi connectivity index (χ1n) is 10.8. The summed E-state index contributed by atoms with van der Waals surface area (Å²) in [6.07, 6.45) is -2.60. The molecule has 2 saturated heterocycles. The third-order valence-electron chi connectivity index (χ3n) is 6.14. The van der Waals surface area contributed by atoms with Crippen LogP contribution in [0.1, 0.15) is 66.4 Å². The lowest BCUT2D eigenvalue weighted by molar-refractivity contribution is -0.163. The van der Waals surface area contributed by atoms with E-state index in [9.17, 15) is 27.6 Å². The molecule has 3 amide bonds. The van der Waals surface area contributed by atoms with Crippen molar-refractivity contribution in [3.8, 4) is 11.3 Å². The van der Waals surface area contributed by atoms with Gasteiger partial charge in [0.05, 0.1) is 12.2 Å². The fourth-order valence-electron chi connectivity index (χ4n) is 4.52. The summed E-state index contributed by atoms with van der Waals surface area (Å²) < 4.78 is 47.5. The average Bonchev–Trinajstić information content (AvgIpc) is 3.37. The molecule has 1 atom stereocenters. The Bertz CT molecular complexity index is 1120. The van der Waals surface area contributed by atoms with Gasteiger partial charge in [0.25, 0.3) is 5.91 Å². The number of carbonyl (C=O) groups is 3. The van der Waals surface area contributed by atoms with E-state index in [-0.39, 0.29) is 25.1 Å². The van der Waals surface area contributed by atoms with E-state index in [4.69, 9.17) is 4.74 Å². The van der Waals surface area contributed by atoms with Crippen LogP contribution in [0.4, 0.5) is 13.2 Å². The van der Waals surface area contributed by atoms with Gasteiger partial charge in [-0.2, -0.15) is 23.3 Å². The van der Waals surface area contributed by atoms with Crippen LogP contribution >= 0.6 is 0 Å². The zero-order valence-corrected chi connectivity index (χ0v) is 17.6. The fourth-order valence-corrected chi connectivity index (χ4v) is 4.52. The number of alkyl halides is 3. The lowest BCUT2D eigenvalue weighted by Crippen LogP contribution is -2.51. The standard InChI is InChI=1S/C22H21F3N4O4/c23-22(24,25)17-11-16(26-28(17)20-6-1-2-9-33-20)13-7-8-15-14(10-13)12-27(21(15)32)29-18(30)4-3-5-19(29)31/h7-8,10-11,20H,1-6,9,12H2. The summed E-state index contributed by atoms with van der Waals surface area (Å²) >= 11 is 0. The number of fused-ring (bicyclic) bond motifs is 1. The second-order valence-corrected chi connectivity index (χ2v) is 8.37. The predicted octanol–water partition coefficient (Wildman–Crippen LogP) is 3.68. The van der Waals surface area contributed by atoms with Crippen LogP contribution in [-0.4, -0.2) is 44.1 Å². The van der Waals surface area contributed by atoms with Crippen LogP contribution in [0.3, 0.4) is 0 Å². The van der Waals surface area contributed by atoms with Crippen LogP contribution < -0.4 is 0 Å². The smallest absolute Gasteiger partial charge is 0.356 e. The molecule has 0 aliphatic carbocycles. The van der Waals surface area contributed by atoms with Gasteiger partial charge in [0, 0.05) is 30.6 Å². The fraction of sp³-hybridized carbons (Fsp3) is 0.455. The molecule has 174 valence electrons. The maximum atomic E-state index is 13.7. The van der Waals surface area contributed by atoms with Crippen molar-refractivity contribution in [1.29, 1.82) is 0 Å². The number of hydrogen-bond acceptors (Lipinski definition) is 5. The lowest BCUT2D eigenvalue weighted by Gasteiger charge is -2.32. The summed E-state index contributed by atoms with van der Waals surface area (Å²) in [5, 5.41) is 6.20. The van der Waals surface area contributed by atoms with E-state index in [1.807, 2.05) is 0 Å². The van der Waals surface area contributed by atoms with E-state index in [0.717, 1.165) is 33.6 Å². The second-order valence-electron chi connectivity index (χ2n) is 8.37. The Hall–Kier alpha value is -3.21. The predicted molar refractivity (Wildman–Crippen MR) is 107 cm³/mol. The number of piperidine rings is 1. The summed E-state index contributed by atoms with van der Waals surface area (Å²) in [6.45, 7) is 0.361. The molecule has 4 heterocycles. The molecule has 3 aliphatic heterocycles. The first-order chi connectivity index (χ1) is 15.7. The number of hydrazine groups is 1. The molecule has 8 nitrogen and oxygen atoms in total. The van der Waals surface area contributed by atoms with Gasteiger partial charge in [0.2, 0.25) is 11.8 Å². The van der Waals surface area contributed by atoms with Crippen molar-refractivity contribution in [2.45, 2.75) is 57.5 Å². The van der Waals surface area contributed by atoms with Gasteiger partial charge in [0.15, 0.2) is 6.23 Å². The number of hydrogen-bond donors (Lipinski definition) is 0. The highest BCUT2D eigenvalue weighted by atomic mass is 19.4. The first-order valence-corrected chi connectivity index (χ1v) is 10.8. The molecule has 0 saturated carbocycles. The molecule has 0 bridgehead atoms. The number of rotatable bonds is 3. The van der Waals surface area contributed by atoms with Gasteiger partial charge >= 0.3 is 6.18 Å². The zero-order valence-electron chi connectivity index (χ0n) is 17.6. The summed E-state index contributed by atoms with van der Waals surface area (Å²) in [7, 11) is 0. The molecule has 0 N–H and O–H groups in total. The van der Waals surface area contributed by atoms with Crippen LogP contribution in [0.15, 0.2) is 24.3 Å². The number of ether oxygens (including phenoxy) is 1. The average molecular weight is 462 g/mol. The topological polar surface area (TPSA) is 84.7 Å². The van der Waals surface area contributed by atoms with Crippen molar-refractivity contribution < 1.29 is 32.3 Å². The quantitative estimate of drug-likeness (QED) is 0.650. The van der Waals surface area contributed by atoms with E-state index in [2.05, 4.69) is 5.10 Å². The van der Waals surface area contributed by atoms with E-state index >= 15 is 0 Å². The monoisotopic (exact) mass is 462 g/mol. The summed E-state index contributed by atoms with van der Waals surface area (Å²) in [4.78, 5) is 37.3. The lowest BCUT2D eigenvalue weighted by atomic mass is 10.0. The van der Waals surface area contributed by atoms with Gasteiger partial charge in [-0.3, -0.25) is 14.4 Å². The van der Waals surface area contributed by atoms with Crippen molar-refractivity contribution in [3.05, 3.63) is 41.1 Å². The minimum Gasteiger partial charge on any atom is -0.356 e. The number of aromatic nitrogens is 2. The molecule has 3 aliphatic rings. The van der Waals surface area contributed by atoms with Crippen LogP contribution in [0.25, 0.3) is 11.3 Å². The minimum absolute atomic E-state index is 0.0158. The van der Waals surface area contributed by atoms with Crippen LogP contribution in [-0.2, 0) is 27.0 Å². The van der Waals surface area contributed by atoms with E-state index < -0.39 is 35.8 Å². The maximum absolute atomic E-state index is 13.7. The van der Waals surface area contributed by atoms with Crippen molar-refractivity contribution in [2.75, 3.05) is 6.61 Å². The third-order valence-corrected chi connectivity index (χ3v) is 6.14. The number of amides is 3. The molecule has 2 fully saturated rings.